The van der Waals surface area contributed by atoms with E-state index in [-0.39, 0.29) is 36.3 Å². The van der Waals surface area contributed by atoms with Crippen LogP contribution in [0.4, 0.5) is 21.5 Å². The topological polar surface area (TPSA) is 105 Å². The number of rotatable bonds is 5. The van der Waals surface area contributed by atoms with Crippen molar-refractivity contribution in [2.45, 2.75) is 51.2 Å². The van der Waals surface area contributed by atoms with Crippen LogP contribution in [0.3, 0.4) is 0 Å². The molecule has 0 unspecified atom stereocenters. The summed E-state index contributed by atoms with van der Waals surface area (Å²) in [7, 11) is 1.53. The number of nitrogens with zero attached hydrogens (tertiary/aromatic N) is 2. The average molecular weight is 383 g/mol. The number of carbonyl (C=O) groups excluding carboxylic acids is 1. The number of esters is 1. The third-order valence-electron chi connectivity index (χ3n) is 4.46. The van der Waals surface area contributed by atoms with E-state index in [0.29, 0.717) is 13.1 Å². The van der Waals surface area contributed by atoms with E-state index in [4.69, 9.17) is 4.74 Å². The standard InChI is InChI=1S/C18H26FN3O5/c1-17(2,3)27-16(23)11-18(24)5-7-21(8-6-18)14-10-13(20-4)15(22(25)26)9-12(14)19/h9-10,20,24H,5-8,11H2,1-4H3. The lowest BCUT2D eigenvalue weighted by molar-refractivity contribution is -0.384. The summed E-state index contributed by atoms with van der Waals surface area (Å²) in [4.78, 5) is 24.1. The molecule has 8 nitrogen and oxygen atoms in total. The van der Waals surface area contributed by atoms with Crippen molar-refractivity contribution in [3.63, 3.8) is 0 Å². The van der Waals surface area contributed by atoms with Crippen LogP contribution in [0.5, 0.6) is 0 Å². The summed E-state index contributed by atoms with van der Waals surface area (Å²) in [5.41, 5.74) is -1.73. The Balaban J connectivity index is 2.09. The largest absolute Gasteiger partial charge is 0.460 e. The van der Waals surface area contributed by atoms with Gasteiger partial charge < -0.3 is 20.1 Å². The first-order chi connectivity index (χ1) is 12.4. The zero-order chi connectivity index (χ0) is 20.4. The Morgan fingerprint density at radius 2 is 2.00 bits per heavy atom. The van der Waals surface area contributed by atoms with Crippen molar-refractivity contribution in [3.8, 4) is 0 Å². The second kappa shape index (κ2) is 7.67. The maximum absolute atomic E-state index is 14.4. The molecule has 9 heteroatoms. The fourth-order valence-corrected chi connectivity index (χ4v) is 3.13. The molecule has 0 radical (unpaired) electrons. The van der Waals surface area contributed by atoms with E-state index in [1.165, 1.54) is 13.1 Å². The fourth-order valence-electron chi connectivity index (χ4n) is 3.13. The fraction of sp³-hybridized carbons (Fsp3) is 0.611. The van der Waals surface area contributed by atoms with Gasteiger partial charge in [-0.1, -0.05) is 0 Å². The van der Waals surface area contributed by atoms with E-state index < -0.39 is 27.9 Å². The van der Waals surface area contributed by atoms with Crippen molar-refractivity contribution in [2.24, 2.45) is 0 Å². The van der Waals surface area contributed by atoms with E-state index in [9.17, 15) is 24.4 Å². The van der Waals surface area contributed by atoms with Gasteiger partial charge in [0.15, 0.2) is 5.82 Å². The van der Waals surface area contributed by atoms with Gasteiger partial charge in [0.2, 0.25) is 0 Å². The molecule has 0 bridgehead atoms. The molecule has 1 aromatic rings. The predicted molar refractivity (Wildman–Crippen MR) is 99.5 cm³/mol. The number of nitro benzene ring substituents is 1. The van der Waals surface area contributed by atoms with Crippen LogP contribution in [0, 0.1) is 15.9 Å². The molecule has 1 heterocycles. The normalized spacial score (nSPS) is 16.7. The molecule has 0 aliphatic carbocycles. The molecular weight excluding hydrogens is 357 g/mol. The molecule has 1 fully saturated rings. The van der Waals surface area contributed by atoms with E-state index in [0.717, 1.165) is 6.07 Å². The first kappa shape index (κ1) is 20.9. The van der Waals surface area contributed by atoms with E-state index >= 15 is 0 Å². The molecule has 1 aliphatic rings. The Hall–Kier alpha value is -2.42. The van der Waals surface area contributed by atoms with Gasteiger partial charge in [-0.05, 0) is 39.7 Å². The van der Waals surface area contributed by atoms with E-state index in [1.54, 1.807) is 25.7 Å². The highest BCUT2D eigenvalue weighted by Gasteiger charge is 2.37. The molecule has 150 valence electrons. The Morgan fingerprint density at radius 1 is 1.41 bits per heavy atom. The van der Waals surface area contributed by atoms with Gasteiger partial charge in [-0.15, -0.1) is 0 Å². The number of anilines is 2. The molecule has 0 atom stereocenters. The minimum absolute atomic E-state index is 0.122. The quantitative estimate of drug-likeness (QED) is 0.458. The first-order valence-electron chi connectivity index (χ1n) is 8.79. The Morgan fingerprint density at radius 3 is 2.48 bits per heavy atom. The summed E-state index contributed by atoms with van der Waals surface area (Å²) in [6, 6.07) is 2.29. The van der Waals surface area contributed by atoms with Crippen molar-refractivity contribution in [1.82, 2.24) is 0 Å². The summed E-state index contributed by atoms with van der Waals surface area (Å²) >= 11 is 0. The second-order valence-corrected chi connectivity index (χ2v) is 7.80. The predicted octanol–water partition coefficient (Wildman–Crippen LogP) is 2.84. The number of nitrogens with one attached hydrogen (secondary N) is 1. The smallest absolute Gasteiger partial charge is 0.309 e. The molecule has 2 rings (SSSR count). The lowest BCUT2D eigenvalue weighted by Crippen LogP contribution is -2.46. The van der Waals surface area contributed by atoms with Gasteiger partial charge in [0.25, 0.3) is 5.69 Å². The van der Waals surface area contributed by atoms with Crippen LogP contribution in [0.25, 0.3) is 0 Å². The van der Waals surface area contributed by atoms with Crippen molar-refractivity contribution in [1.29, 1.82) is 0 Å². The van der Waals surface area contributed by atoms with Crippen LogP contribution in [0.15, 0.2) is 12.1 Å². The molecule has 0 aromatic heterocycles. The van der Waals surface area contributed by atoms with Gasteiger partial charge >= 0.3 is 5.97 Å². The van der Waals surface area contributed by atoms with Gasteiger partial charge in [0.1, 0.15) is 11.3 Å². The lowest BCUT2D eigenvalue weighted by Gasteiger charge is -2.39. The first-order valence-corrected chi connectivity index (χ1v) is 8.79. The van der Waals surface area contributed by atoms with Gasteiger partial charge in [0.05, 0.1) is 28.7 Å². The molecule has 1 aliphatic heterocycles. The number of ether oxygens (including phenoxy) is 1. The molecule has 0 spiro atoms. The minimum Gasteiger partial charge on any atom is -0.460 e. The summed E-state index contributed by atoms with van der Waals surface area (Å²) in [5, 5.41) is 24.4. The maximum atomic E-state index is 14.4. The molecule has 1 aromatic carbocycles. The van der Waals surface area contributed by atoms with E-state index in [1.807, 2.05) is 0 Å². The number of nitro groups is 1. The SMILES string of the molecule is CNc1cc(N2CCC(O)(CC(=O)OC(C)(C)C)CC2)c(F)cc1[N+](=O)[O-]. The lowest BCUT2D eigenvalue weighted by atomic mass is 9.88. The molecule has 27 heavy (non-hydrogen) atoms. The number of aliphatic hydroxyl groups is 1. The third kappa shape index (κ3) is 5.29. The number of hydrogen-bond donors (Lipinski definition) is 2. The molecule has 2 N–H and O–H groups in total. The zero-order valence-corrected chi connectivity index (χ0v) is 16.0. The maximum Gasteiger partial charge on any atom is 0.309 e. The Bertz CT molecular complexity index is 724. The summed E-state index contributed by atoms with van der Waals surface area (Å²) in [6.45, 7) is 5.91. The Labute approximate surface area is 157 Å². The number of hydrogen-bond acceptors (Lipinski definition) is 7. The van der Waals surface area contributed by atoms with Gasteiger partial charge in [0, 0.05) is 20.1 Å². The highest BCUT2D eigenvalue weighted by Crippen LogP contribution is 2.35. The van der Waals surface area contributed by atoms with E-state index in [2.05, 4.69) is 5.32 Å². The summed E-state index contributed by atoms with van der Waals surface area (Å²) < 4.78 is 19.6. The van der Waals surface area contributed by atoms with Gasteiger partial charge in [-0.25, -0.2) is 4.39 Å². The highest BCUT2D eigenvalue weighted by atomic mass is 19.1. The Kier molecular flexibility index (Phi) is 5.94. The van der Waals surface area contributed by atoms with Crippen LogP contribution in [0.1, 0.15) is 40.0 Å². The second-order valence-electron chi connectivity index (χ2n) is 7.80. The average Bonchev–Trinajstić information content (AvgIpc) is 2.53. The molecule has 0 amide bonds. The number of carbonyl (C=O) groups is 1. The summed E-state index contributed by atoms with van der Waals surface area (Å²) in [6.07, 6.45) is 0.401. The summed E-state index contributed by atoms with van der Waals surface area (Å²) in [5.74, 6) is -1.17. The van der Waals surface area contributed by atoms with Crippen molar-refractivity contribution < 1.29 is 24.0 Å². The van der Waals surface area contributed by atoms with Gasteiger partial charge in [-0.3, -0.25) is 14.9 Å². The van der Waals surface area contributed by atoms with Crippen molar-refractivity contribution >= 4 is 23.0 Å². The highest BCUT2D eigenvalue weighted by molar-refractivity contribution is 5.72. The van der Waals surface area contributed by atoms with Gasteiger partial charge in [-0.2, -0.15) is 0 Å². The van der Waals surface area contributed by atoms with Crippen LogP contribution >= 0.6 is 0 Å². The van der Waals surface area contributed by atoms with Crippen LogP contribution in [0.2, 0.25) is 0 Å². The zero-order valence-electron chi connectivity index (χ0n) is 16.0. The monoisotopic (exact) mass is 383 g/mol. The molecule has 1 saturated heterocycles. The number of halogens is 1. The number of benzene rings is 1. The minimum atomic E-state index is -1.21. The third-order valence-corrected chi connectivity index (χ3v) is 4.46. The molecular formula is C18H26FN3O5. The number of piperidine rings is 1. The van der Waals surface area contributed by atoms with Crippen LogP contribution < -0.4 is 10.2 Å². The van der Waals surface area contributed by atoms with Crippen LogP contribution in [-0.4, -0.2) is 47.3 Å². The van der Waals surface area contributed by atoms with Crippen LogP contribution in [-0.2, 0) is 9.53 Å². The molecule has 0 saturated carbocycles. The van der Waals surface area contributed by atoms with Crippen molar-refractivity contribution in [3.05, 3.63) is 28.1 Å². The van der Waals surface area contributed by atoms with Crippen molar-refractivity contribution in [2.75, 3.05) is 30.4 Å².